The zero-order chi connectivity index (χ0) is 18.7. The molecule has 3 aromatic heterocycles. The van der Waals surface area contributed by atoms with Crippen molar-refractivity contribution in [3.05, 3.63) is 53.4 Å². The van der Waals surface area contributed by atoms with E-state index in [9.17, 15) is 9.59 Å². The summed E-state index contributed by atoms with van der Waals surface area (Å²) in [7, 11) is 0. The molecule has 0 bridgehead atoms. The number of nitrogens with one attached hydrogen (secondary N) is 1. The summed E-state index contributed by atoms with van der Waals surface area (Å²) >= 11 is 1.05. The summed E-state index contributed by atoms with van der Waals surface area (Å²) in [6, 6.07) is 6.75. The molecule has 0 saturated heterocycles. The second-order valence-corrected chi connectivity index (χ2v) is 7.37. The van der Waals surface area contributed by atoms with E-state index in [4.69, 9.17) is 9.15 Å². The number of aromatic nitrogens is 2. The highest BCUT2D eigenvalue weighted by atomic mass is 32.1. The van der Waals surface area contributed by atoms with Crippen LogP contribution in [0.3, 0.4) is 0 Å². The number of hydrogen-bond donors (Lipinski definition) is 1. The molecule has 0 aliphatic rings. The summed E-state index contributed by atoms with van der Waals surface area (Å²) in [6.07, 6.45) is 3.92. The van der Waals surface area contributed by atoms with Crippen molar-refractivity contribution in [2.45, 2.75) is 26.4 Å². The molecule has 0 fully saturated rings. The fourth-order valence-electron chi connectivity index (χ4n) is 2.13. The minimum Gasteiger partial charge on any atom is -0.463 e. The van der Waals surface area contributed by atoms with Crippen LogP contribution in [0.2, 0.25) is 0 Å². The van der Waals surface area contributed by atoms with E-state index in [1.54, 1.807) is 51.2 Å². The molecule has 3 heterocycles. The van der Waals surface area contributed by atoms with E-state index >= 15 is 0 Å². The molecule has 134 valence electrons. The van der Waals surface area contributed by atoms with Crippen LogP contribution >= 0.6 is 11.3 Å². The van der Waals surface area contributed by atoms with E-state index in [-0.39, 0.29) is 10.9 Å². The van der Waals surface area contributed by atoms with Crippen molar-refractivity contribution in [3.8, 4) is 11.5 Å². The van der Waals surface area contributed by atoms with Crippen molar-refractivity contribution >= 4 is 28.3 Å². The van der Waals surface area contributed by atoms with Gasteiger partial charge in [0, 0.05) is 18.0 Å². The Morgan fingerprint density at radius 3 is 2.65 bits per heavy atom. The van der Waals surface area contributed by atoms with Crippen molar-refractivity contribution in [2.24, 2.45) is 0 Å². The zero-order valence-corrected chi connectivity index (χ0v) is 15.3. The fraction of sp³-hybridized carbons (Fsp3) is 0.222. The van der Waals surface area contributed by atoms with Gasteiger partial charge in [0.25, 0.3) is 0 Å². The first kappa shape index (κ1) is 17.8. The molecule has 0 aromatic carbocycles. The monoisotopic (exact) mass is 371 g/mol. The lowest BCUT2D eigenvalue weighted by Crippen LogP contribution is -2.27. The van der Waals surface area contributed by atoms with Crippen LogP contribution < -0.4 is 5.32 Å². The maximum Gasteiger partial charge on any atom is 0.413 e. The van der Waals surface area contributed by atoms with Crippen LogP contribution in [0.1, 0.15) is 36.0 Å². The van der Waals surface area contributed by atoms with Gasteiger partial charge < -0.3 is 9.15 Å². The highest BCUT2D eigenvalue weighted by Gasteiger charge is 2.24. The Kier molecular flexibility index (Phi) is 4.85. The third-order valence-electron chi connectivity index (χ3n) is 3.12. The van der Waals surface area contributed by atoms with Gasteiger partial charge in [-0.25, -0.2) is 9.78 Å². The van der Waals surface area contributed by atoms with E-state index < -0.39 is 11.7 Å². The first-order valence-electron chi connectivity index (χ1n) is 7.83. The predicted octanol–water partition coefficient (Wildman–Crippen LogP) is 4.38. The maximum atomic E-state index is 12.8. The largest absolute Gasteiger partial charge is 0.463 e. The zero-order valence-electron chi connectivity index (χ0n) is 14.5. The highest BCUT2D eigenvalue weighted by molar-refractivity contribution is 7.18. The molecule has 3 aromatic rings. The van der Waals surface area contributed by atoms with Gasteiger partial charge in [-0.2, -0.15) is 0 Å². The number of furan rings is 1. The van der Waals surface area contributed by atoms with Crippen LogP contribution in [-0.2, 0) is 4.74 Å². The van der Waals surface area contributed by atoms with E-state index in [1.165, 1.54) is 12.5 Å². The number of nitrogens with zero attached hydrogens (tertiary/aromatic N) is 2. The molecule has 0 spiro atoms. The predicted molar refractivity (Wildman–Crippen MR) is 97.3 cm³/mol. The number of carbonyl (C=O) groups is 2. The molecule has 0 saturated carbocycles. The lowest BCUT2D eigenvalue weighted by atomic mass is 10.1. The average Bonchev–Trinajstić information content (AvgIpc) is 3.22. The van der Waals surface area contributed by atoms with E-state index in [0.29, 0.717) is 21.9 Å². The molecular weight excluding hydrogens is 354 g/mol. The number of hydrogen-bond acceptors (Lipinski definition) is 7. The fourth-order valence-corrected chi connectivity index (χ4v) is 3.04. The molecule has 0 radical (unpaired) electrons. The van der Waals surface area contributed by atoms with Gasteiger partial charge >= 0.3 is 6.09 Å². The Labute approximate surface area is 154 Å². The number of ketones is 1. The van der Waals surface area contributed by atoms with Gasteiger partial charge in [0.2, 0.25) is 5.78 Å². The topological polar surface area (TPSA) is 94.3 Å². The van der Waals surface area contributed by atoms with Crippen molar-refractivity contribution in [2.75, 3.05) is 5.32 Å². The summed E-state index contributed by atoms with van der Waals surface area (Å²) in [6.45, 7) is 5.29. The van der Waals surface area contributed by atoms with Crippen molar-refractivity contribution < 1.29 is 18.7 Å². The van der Waals surface area contributed by atoms with Crippen LogP contribution in [0.15, 0.2) is 47.3 Å². The van der Waals surface area contributed by atoms with Crippen LogP contribution in [-0.4, -0.2) is 27.4 Å². The van der Waals surface area contributed by atoms with Crippen molar-refractivity contribution in [1.82, 2.24) is 9.97 Å². The van der Waals surface area contributed by atoms with Gasteiger partial charge in [0.1, 0.15) is 16.2 Å². The van der Waals surface area contributed by atoms with E-state index in [2.05, 4.69) is 15.3 Å². The highest BCUT2D eigenvalue weighted by Crippen LogP contribution is 2.33. The lowest BCUT2D eigenvalue weighted by molar-refractivity contribution is 0.0635. The van der Waals surface area contributed by atoms with Gasteiger partial charge in [-0.3, -0.25) is 15.1 Å². The number of anilines is 1. The lowest BCUT2D eigenvalue weighted by Gasteiger charge is -2.18. The number of pyridine rings is 1. The number of rotatable bonds is 4. The summed E-state index contributed by atoms with van der Waals surface area (Å²) < 4.78 is 10.6. The third-order valence-corrected chi connectivity index (χ3v) is 4.09. The SMILES string of the molecule is CC(C)(C)OC(=O)Nc1nc(-c2ccco2)c(C(=O)c2cccnc2)s1. The molecule has 8 heteroatoms. The molecule has 0 atom stereocenters. The average molecular weight is 371 g/mol. The van der Waals surface area contributed by atoms with Gasteiger partial charge in [-0.15, -0.1) is 0 Å². The summed E-state index contributed by atoms with van der Waals surface area (Å²) in [5.41, 5.74) is 0.146. The second kappa shape index (κ2) is 7.09. The minimum atomic E-state index is -0.641. The molecular formula is C18H17N3O4S. The number of amides is 1. The molecule has 7 nitrogen and oxygen atoms in total. The first-order valence-corrected chi connectivity index (χ1v) is 8.64. The molecule has 3 rings (SSSR count). The second-order valence-electron chi connectivity index (χ2n) is 6.37. The van der Waals surface area contributed by atoms with E-state index in [1.807, 2.05) is 0 Å². The molecule has 0 unspecified atom stereocenters. The Morgan fingerprint density at radius 2 is 2.04 bits per heavy atom. The normalized spacial score (nSPS) is 11.2. The summed E-state index contributed by atoms with van der Waals surface area (Å²) in [5, 5.41) is 2.81. The van der Waals surface area contributed by atoms with Gasteiger partial charge in [-0.1, -0.05) is 11.3 Å². The Bertz CT molecular complexity index is 912. The molecule has 1 amide bonds. The van der Waals surface area contributed by atoms with Gasteiger partial charge in [0.15, 0.2) is 10.9 Å². The molecule has 0 aliphatic carbocycles. The summed E-state index contributed by atoms with van der Waals surface area (Å²) in [4.78, 5) is 33.5. The van der Waals surface area contributed by atoms with Crippen LogP contribution in [0, 0.1) is 0 Å². The number of carbonyl (C=O) groups excluding carboxylic acids is 2. The van der Waals surface area contributed by atoms with Crippen molar-refractivity contribution in [1.29, 1.82) is 0 Å². The maximum absolute atomic E-state index is 12.8. The van der Waals surface area contributed by atoms with Crippen molar-refractivity contribution in [3.63, 3.8) is 0 Å². The molecule has 26 heavy (non-hydrogen) atoms. The Hall–Kier alpha value is -3.00. The van der Waals surface area contributed by atoms with Crippen LogP contribution in [0.25, 0.3) is 11.5 Å². The van der Waals surface area contributed by atoms with Gasteiger partial charge in [-0.05, 0) is 45.0 Å². The van der Waals surface area contributed by atoms with Crippen LogP contribution in [0.5, 0.6) is 0 Å². The standard InChI is InChI=1S/C18H17N3O4S/c1-18(2,3)25-17(23)21-16-20-13(12-7-5-9-24-12)15(26-16)14(22)11-6-4-8-19-10-11/h4-10H,1-3H3,(H,20,21,23). The molecule has 1 N–H and O–H groups in total. The Morgan fingerprint density at radius 1 is 1.23 bits per heavy atom. The number of thiazole rings is 1. The quantitative estimate of drug-likeness (QED) is 0.684. The van der Waals surface area contributed by atoms with Crippen LogP contribution in [0.4, 0.5) is 9.93 Å². The Balaban J connectivity index is 1.94. The smallest absolute Gasteiger partial charge is 0.413 e. The summed E-state index contributed by atoms with van der Waals surface area (Å²) in [5.74, 6) is 0.185. The van der Waals surface area contributed by atoms with E-state index in [0.717, 1.165) is 11.3 Å². The molecule has 0 aliphatic heterocycles. The third kappa shape index (κ3) is 4.15. The number of ether oxygens (including phenoxy) is 1. The minimum absolute atomic E-state index is 0.248. The van der Waals surface area contributed by atoms with Gasteiger partial charge in [0.05, 0.1) is 6.26 Å². The first-order chi connectivity index (χ1) is 12.3.